The minimum Gasteiger partial charge on any atom is -0.320 e. The van der Waals surface area contributed by atoms with Crippen LogP contribution in [0.4, 0.5) is 0 Å². The van der Waals surface area contributed by atoms with Crippen LogP contribution in [0.15, 0.2) is 24.3 Å². The summed E-state index contributed by atoms with van der Waals surface area (Å²) in [5.41, 5.74) is 7.87. The lowest BCUT2D eigenvalue weighted by molar-refractivity contribution is 0.272. The van der Waals surface area contributed by atoms with Crippen LogP contribution in [0, 0.1) is 17.8 Å². The van der Waals surface area contributed by atoms with Crippen molar-refractivity contribution in [2.75, 3.05) is 19.6 Å². The average Bonchev–Trinajstić information content (AvgIpc) is 2.71. The van der Waals surface area contributed by atoms with Gasteiger partial charge in [0.15, 0.2) is 0 Å². The zero-order valence-corrected chi connectivity index (χ0v) is 12.6. The highest BCUT2D eigenvalue weighted by atomic mass is 15.1. The highest BCUT2D eigenvalue weighted by Gasteiger charge is 2.15. The molecule has 108 valence electrons. The third kappa shape index (κ3) is 4.67. The minimum atomic E-state index is 0.425. The second kappa shape index (κ2) is 8.09. The van der Waals surface area contributed by atoms with E-state index in [-0.39, 0.29) is 0 Å². The van der Waals surface area contributed by atoms with Gasteiger partial charge in [0, 0.05) is 12.1 Å². The number of nitrogens with zero attached hydrogens (tertiary/aromatic N) is 1. The van der Waals surface area contributed by atoms with Gasteiger partial charge < -0.3 is 5.73 Å². The standard InChI is InChI=1S/C18H26N2/c1-2-16-9-5-12-20(13-10-16)15-18-7-3-6-17(14-18)8-4-11-19/h3,6-7,14,16H,2,5,9-13,15,19H2,1H3. The van der Waals surface area contributed by atoms with E-state index in [4.69, 9.17) is 5.73 Å². The molecule has 0 spiro atoms. The van der Waals surface area contributed by atoms with Gasteiger partial charge in [-0.1, -0.05) is 37.3 Å². The molecule has 1 atom stereocenters. The second-order valence-corrected chi connectivity index (χ2v) is 5.69. The molecule has 1 fully saturated rings. The van der Waals surface area contributed by atoms with Gasteiger partial charge in [0.25, 0.3) is 0 Å². The monoisotopic (exact) mass is 270 g/mol. The van der Waals surface area contributed by atoms with E-state index >= 15 is 0 Å². The van der Waals surface area contributed by atoms with Gasteiger partial charge in [-0.2, -0.15) is 0 Å². The third-order valence-electron chi connectivity index (χ3n) is 4.19. The van der Waals surface area contributed by atoms with Crippen molar-refractivity contribution >= 4 is 0 Å². The van der Waals surface area contributed by atoms with Crippen LogP contribution in [0.1, 0.15) is 43.7 Å². The summed E-state index contributed by atoms with van der Waals surface area (Å²) in [5.74, 6) is 6.97. The van der Waals surface area contributed by atoms with Gasteiger partial charge in [-0.05, 0) is 56.0 Å². The lowest BCUT2D eigenvalue weighted by atomic mass is 9.98. The molecule has 1 heterocycles. The molecule has 1 saturated heterocycles. The molecule has 0 saturated carbocycles. The van der Waals surface area contributed by atoms with E-state index in [1.54, 1.807) is 0 Å². The van der Waals surface area contributed by atoms with Crippen LogP contribution in [-0.4, -0.2) is 24.5 Å². The number of rotatable bonds is 3. The van der Waals surface area contributed by atoms with Crippen LogP contribution in [0.3, 0.4) is 0 Å². The van der Waals surface area contributed by atoms with E-state index in [2.05, 4.69) is 47.9 Å². The van der Waals surface area contributed by atoms with E-state index in [0.717, 1.165) is 18.0 Å². The molecule has 0 bridgehead atoms. The Labute approximate surface area is 123 Å². The number of benzene rings is 1. The van der Waals surface area contributed by atoms with Gasteiger partial charge in [0.2, 0.25) is 0 Å². The Balaban J connectivity index is 1.95. The van der Waals surface area contributed by atoms with Crippen molar-refractivity contribution in [3.05, 3.63) is 35.4 Å². The molecule has 1 aliphatic rings. The van der Waals surface area contributed by atoms with Gasteiger partial charge >= 0.3 is 0 Å². The van der Waals surface area contributed by atoms with Crippen molar-refractivity contribution < 1.29 is 0 Å². The molecule has 2 N–H and O–H groups in total. The summed E-state index contributed by atoms with van der Waals surface area (Å²) in [7, 11) is 0. The van der Waals surface area contributed by atoms with Crippen LogP contribution in [0.25, 0.3) is 0 Å². The maximum absolute atomic E-state index is 5.43. The van der Waals surface area contributed by atoms with Gasteiger partial charge in [-0.15, -0.1) is 0 Å². The Kier molecular flexibility index (Phi) is 6.11. The van der Waals surface area contributed by atoms with Crippen LogP contribution in [0.2, 0.25) is 0 Å². The van der Waals surface area contributed by atoms with E-state index < -0.39 is 0 Å². The van der Waals surface area contributed by atoms with Gasteiger partial charge in [-0.3, -0.25) is 4.90 Å². The first-order valence-electron chi connectivity index (χ1n) is 7.82. The Morgan fingerprint density at radius 2 is 2.20 bits per heavy atom. The Bertz CT molecular complexity index is 470. The van der Waals surface area contributed by atoms with Crippen molar-refractivity contribution in [1.29, 1.82) is 0 Å². The fourth-order valence-corrected chi connectivity index (χ4v) is 2.95. The smallest absolute Gasteiger partial charge is 0.0555 e. The van der Waals surface area contributed by atoms with Crippen LogP contribution in [0.5, 0.6) is 0 Å². The Morgan fingerprint density at radius 3 is 3.00 bits per heavy atom. The first-order valence-corrected chi connectivity index (χ1v) is 7.82. The molecule has 1 aromatic rings. The molecule has 0 aromatic heterocycles. The summed E-state index contributed by atoms with van der Waals surface area (Å²) in [6.07, 6.45) is 5.42. The number of hydrogen-bond donors (Lipinski definition) is 1. The maximum atomic E-state index is 5.43. The minimum absolute atomic E-state index is 0.425. The lowest BCUT2D eigenvalue weighted by Gasteiger charge is -2.20. The highest BCUT2D eigenvalue weighted by molar-refractivity contribution is 5.37. The molecule has 0 aliphatic carbocycles. The number of nitrogens with two attached hydrogens (primary N) is 1. The zero-order chi connectivity index (χ0) is 14.2. The summed E-state index contributed by atoms with van der Waals surface area (Å²) in [6.45, 7) is 6.26. The molecule has 0 amide bonds. The summed E-state index contributed by atoms with van der Waals surface area (Å²) in [5, 5.41) is 0. The Hall–Kier alpha value is -1.30. The fraction of sp³-hybridized carbons (Fsp3) is 0.556. The molecule has 2 rings (SSSR count). The molecule has 1 aromatic carbocycles. The summed E-state index contributed by atoms with van der Waals surface area (Å²) < 4.78 is 0. The average molecular weight is 270 g/mol. The first-order chi connectivity index (χ1) is 9.81. The predicted octanol–water partition coefficient (Wildman–Crippen LogP) is 3.01. The van der Waals surface area contributed by atoms with Crippen molar-refractivity contribution in [2.24, 2.45) is 11.7 Å². The summed E-state index contributed by atoms with van der Waals surface area (Å²) in [6, 6.07) is 8.56. The highest BCUT2D eigenvalue weighted by Crippen LogP contribution is 2.21. The molecule has 0 radical (unpaired) electrons. The van der Waals surface area contributed by atoms with Crippen LogP contribution >= 0.6 is 0 Å². The van der Waals surface area contributed by atoms with E-state index in [0.29, 0.717) is 6.54 Å². The topological polar surface area (TPSA) is 29.3 Å². The summed E-state index contributed by atoms with van der Waals surface area (Å²) >= 11 is 0. The van der Waals surface area contributed by atoms with Crippen LogP contribution < -0.4 is 5.73 Å². The number of likely N-dealkylation sites (tertiary alicyclic amines) is 1. The SMILES string of the molecule is CCC1CCCN(Cc2cccc(C#CCN)c2)CC1. The predicted molar refractivity (Wildman–Crippen MR) is 85.3 cm³/mol. The van der Waals surface area contributed by atoms with E-state index in [1.165, 1.54) is 44.3 Å². The quantitative estimate of drug-likeness (QED) is 0.856. The molecule has 2 heteroatoms. The van der Waals surface area contributed by atoms with Crippen molar-refractivity contribution in [3.63, 3.8) is 0 Å². The molecule has 2 nitrogen and oxygen atoms in total. The van der Waals surface area contributed by atoms with Crippen molar-refractivity contribution in [2.45, 2.75) is 39.2 Å². The Morgan fingerprint density at radius 1 is 1.30 bits per heavy atom. The second-order valence-electron chi connectivity index (χ2n) is 5.69. The fourth-order valence-electron chi connectivity index (χ4n) is 2.95. The van der Waals surface area contributed by atoms with Crippen LogP contribution in [-0.2, 0) is 6.54 Å². The molecular formula is C18H26N2. The first kappa shape index (κ1) is 15.1. The molecule has 20 heavy (non-hydrogen) atoms. The van der Waals surface area contributed by atoms with Crippen molar-refractivity contribution in [3.8, 4) is 11.8 Å². The normalized spacial score (nSPS) is 20.0. The zero-order valence-electron chi connectivity index (χ0n) is 12.6. The van der Waals surface area contributed by atoms with Crippen molar-refractivity contribution in [1.82, 2.24) is 4.90 Å². The lowest BCUT2D eigenvalue weighted by Crippen LogP contribution is -2.24. The van der Waals surface area contributed by atoms with E-state index in [1.807, 2.05) is 0 Å². The van der Waals surface area contributed by atoms with Gasteiger partial charge in [0.1, 0.15) is 0 Å². The molecular weight excluding hydrogens is 244 g/mol. The number of hydrogen-bond acceptors (Lipinski definition) is 2. The summed E-state index contributed by atoms with van der Waals surface area (Å²) in [4.78, 5) is 2.59. The maximum Gasteiger partial charge on any atom is 0.0555 e. The van der Waals surface area contributed by atoms with E-state index in [9.17, 15) is 0 Å². The van der Waals surface area contributed by atoms with Gasteiger partial charge in [-0.25, -0.2) is 0 Å². The largest absolute Gasteiger partial charge is 0.320 e. The molecule has 1 aliphatic heterocycles. The molecule has 1 unspecified atom stereocenters. The third-order valence-corrected chi connectivity index (χ3v) is 4.19. The van der Waals surface area contributed by atoms with Gasteiger partial charge in [0.05, 0.1) is 6.54 Å².